The Morgan fingerprint density at radius 3 is 2.62 bits per heavy atom. The van der Waals surface area contributed by atoms with Crippen LogP contribution in [0.3, 0.4) is 0 Å². The second kappa shape index (κ2) is 5.38. The van der Waals surface area contributed by atoms with Crippen molar-refractivity contribution >= 4 is 16.7 Å². The molecule has 21 heavy (non-hydrogen) atoms. The first kappa shape index (κ1) is 13.3. The first-order chi connectivity index (χ1) is 10.1. The predicted octanol–water partition coefficient (Wildman–Crippen LogP) is 3.62. The molecule has 106 valence electrons. The molecule has 0 bridgehead atoms. The molecule has 3 aromatic rings. The Kier molecular flexibility index (Phi) is 3.41. The van der Waals surface area contributed by atoms with Crippen LogP contribution < -0.4 is 0 Å². The minimum Gasteiger partial charge on any atom is -0.458 e. The summed E-state index contributed by atoms with van der Waals surface area (Å²) in [6, 6.07) is 15.6. The molecule has 0 aliphatic carbocycles. The van der Waals surface area contributed by atoms with Gasteiger partial charge in [0.25, 0.3) is 5.69 Å². The molecular weight excluding hydrogens is 270 g/mol. The SMILES string of the molecule is O=[N+]([O-])c1ccccc1CC(O)c1cc2ccccc2o1. The Hall–Kier alpha value is -2.66. The Balaban J connectivity index is 1.89. The van der Waals surface area contributed by atoms with Crippen molar-refractivity contribution < 1.29 is 14.4 Å². The molecule has 1 unspecified atom stereocenters. The summed E-state index contributed by atoms with van der Waals surface area (Å²) < 4.78 is 5.58. The van der Waals surface area contributed by atoms with Crippen LogP contribution in [-0.2, 0) is 6.42 Å². The number of fused-ring (bicyclic) bond motifs is 1. The zero-order valence-corrected chi connectivity index (χ0v) is 11.1. The molecule has 1 N–H and O–H groups in total. The minimum absolute atomic E-state index is 0.00709. The topological polar surface area (TPSA) is 76.5 Å². The number of benzene rings is 2. The Bertz CT molecular complexity index is 761. The summed E-state index contributed by atoms with van der Waals surface area (Å²) in [6.07, 6.45) is -0.782. The summed E-state index contributed by atoms with van der Waals surface area (Å²) in [5, 5.41) is 22.1. The molecule has 1 atom stereocenters. The fourth-order valence-electron chi connectivity index (χ4n) is 2.34. The minimum atomic E-state index is -0.918. The number of nitro benzene ring substituents is 1. The fourth-order valence-corrected chi connectivity index (χ4v) is 2.34. The highest BCUT2D eigenvalue weighted by Gasteiger charge is 2.19. The third kappa shape index (κ3) is 2.64. The first-order valence-electron chi connectivity index (χ1n) is 6.54. The maximum atomic E-state index is 11.0. The second-order valence-electron chi connectivity index (χ2n) is 4.79. The van der Waals surface area contributed by atoms with E-state index in [1.165, 1.54) is 6.07 Å². The molecule has 0 saturated heterocycles. The van der Waals surface area contributed by atoms with E-state index in [0.717, 1.165) is 5.39 Å². The van der Waals surface area contributed by atoms with Crippen LogP contribution in [0.5, 0.6) is 0 Å². The highest BCUT2D eigenvalue weighted by Crippen LogP contribution is 2.28. The van der Waals surface area contributed by atoms with Crippen LogP contribution >= 0.6 is 0 Å². The summed E-state index contributed by atoms with van der Waals surface area (Å²) in [6.45, 7) is 0. The number of nitrogens with zero attached hydrogens (tertiary/aromatic N) is 1. The smallest absolute Gasteiger partial charge is 0.272 e. The molecule has 1 heterocycles. The number of para-hydroxylation sites is 2. The van der Waals surface area contributed by atoms with Gasteiger partial charge in [0, 0.05) is 23.4 Å². The molecule has 0 saturated carbocycles. The van der Waals surface area contributed by atoms with Gasteiger partial charge in [0.15, 0.2) is 0 Å². The van der Waals surface area contributed by atoms with Crippen LogP contribution in [0.4, 0.5) is 5.69 Å². The van der Waals surface area contributed by atoms with Gasteiger partial charge in [-0.25, -0.2) is 0 Å². The standard InChI is InChI=1S/C16H13NO4/c18-14(9-11-5-1-3-7-13(11)17(19)20)16-10-12-6-2-4-8-15(12)21-16/h1-8,10,14,18H,9H2. The van der Waals surface area contributed by atoms with Crippen molar-refractivity contribution in [3.63, 3.8) is 0 Å². The molecule has 0 spiro atoms. The Morgan fingerprint density at radius 1 is 1.14 bits per heavy atom. The lowest BCUT2D eigenvalue weighted by Gasteiger charge is -2.07. The second-order valence-corrected chi connectivity index (χ2v) is 4.79. The normalized spacial score (nSPS) is 12.4. The molecule has 0 aliphatic rings. The van der Waals surface area contributed by atoms with E-state index in [4.69, 9.17) is 4.42 Å². The molecule has 2 aromatic carbocycles. The summed E-state index contributed by atoms with van der Waals surface area (Å²) in [7, 11) is 0. The molecule has 3 rings (SSSR count). The maximum Gasteiger partial charge on any atom is 0.272 e. The molecular formula is C16H13NO4. The van der Waals surface area contributed by atoms with Gasteiger partial charge in [0.2, 0.25) is 0 Å². The van der Waals surface area contributed by atoms with Crippen LogP contribution in [0, 0.1) is 10.1 Å². The molecule has 1 aromatic heterocycles. The van der Waals surface area contributed by atoms with E-state index in [1.807, 2.05) is 24.3 Å². The third-order valence-electron chi connectivity index (χ3n) is 3.37. The average Bonchev–Trinajstić information content (AvgIpc) is 2.91. The number of furan rings is 1. The molecule has 0 radical (unpaired) electrons. The molecule has 0 fully saturated rings. The van der Waals surface area contributed by atoms with Crippen molar-refractivity contribution in [1.29, 1.82) is 0 Å². The van der Waals surface area contributed by atoms with Crippen molar-refractivity contribution in [2.75, 3.05) is 0 Å². The summed E-state index contributed by atoms with van der Waals surface area (Å²) in [5.41, 5.74) is 1.18. The number of hydrogen-bond acceptors (Lipinski definition) is 4. The van der Waals surface area contributed by atoms with Gasteiger partial charge in [-0.1, -0.05) is 36.4 Å². The largest absolute Gasteiger partial charge is 0.458 e. The number of hydrogen-bond donors (Lipinski definition) is 1. The molecule has 0 aliphatic heterocycles. The zero-order chi connectivity index (χ0) is 14.8. The van der Waals surface area contributed by atoms with Gasteiger partial charge in [0.05, 0.1) is 4.92 Å². The number of aliphatic hydroxyl groups excluding tert-OH is 1. The van der Waals surface area contributed by atoms with Crippen molar-refractivity contribution in [2.24, 2.45) is 0 Å². The van der Waals surface area contributed by atoms with Gasteiger partial charge in [-0.2, -0.15) is 0 Å². The summed E-state index contributed by atoms with van der Waals surface area (Å²) >= 11 is 0. The monoisotopic (exact) mass is 283 g/mol. The van der Waals surface area contributed by atoms with E-state index in [0.29, 0.717) is 16.9 Å². The lowest BCUT2D eigenvalue weighted by atomic mass is 10.0. The summed E-state index contributed by atoms with van der Waals surface area (Å²) in [4.78, 5) is 10.5. The van der Waals surface area contributed by atoms with Gasteiger partial charge >= 0.3 is 0 Å². The van der Waals surface area contributed by atoms with Gasteiger partial charge in [0.1, 0.15) is 17.4 Å². The van der Waals surface area contributed by atoms with Crippen LogP contribution in [-0.4, -0.2) is 10.0 Å². The quantitative estimate of drug-likeness (QED) is 0.586. The van der Waals surface area contributed by atoms with Crippen LogP contribution in [0.1, 0.15) is 17.4 Å². The molecule has 5 heteroatoms. The van der Waals surface area contributed by atoms with E-state index < -0.39 is 11.0 Å². The van der Waals surface area contributed by atoms with Crippen molar-refractivity contribution in [3.05, 3.63) is 76.0 Å². The summed E-state index contributed by atoms with van der Waals surface area (Å²) in [5.74, 6) is 0.411. The first-order valence-corrected chi connectivity index (χ1v) is 6.54. The average molecular weight is 283 g/mol. The highest BCUT2D eigenvalue weighted by atomic mass is 16.6. The van der Waals surface area contributed by atoms with Gasteiger partial charge in [-0.05, 0) is 12.1 Å². The van der Waals surface area contributed by atoms with Gasteiger partial charge in [-0.3, -0.25) is 10.1 Å². The van der Waals surface area contributed by atoms with Crippen LogP contribution in [0.15, 0.2) is 59.0 Å². The van der Waals surface area contributed by atoms with Crippen molar-refractivity contribution in [2.45, 2.75) is 12.5 Å². The zero-order valence-electron chi connectivity index (χ0n) is 11.1. The number of aliphatic hydroxyl groups is 1. The van der Waals surface area contributed by atoms with Gasteiger partial charge in [-0.15, -0.1) is 0 Å². The van der Waals surface area contributed by atoms with Crippen LogP contribution in [0.2, 0.25) is 0 Å². The van der Waals surface area contributed by atoms with Crippen molar-refractivity contribution in [1.82, 2.24) is 0 Å². The predicted molar refractivity (Wildman–Crippen MR) is 78.0 cm³/mol. The van der Waals surface area contributed by atoms with E-state index in [2.05, 4.69) is 0 Å². The lowest BCUT2D eigenvalue weighted by molar-refractivity contribution is -0.385. The lowest BCUT2D eigenvalue weighted by Crippen LogP contribution is -2.03. The number of rotatable bonds is 4. The van der Waals surface area contributed by atoms with E-state index in [1.54, 1.807) is 24.3 Å². The van der Waals surface area contributed by atoms with Gasteiger partial charge < -0.3 is 9.52 Å². The van der Waals surface area contributed by atoms with E-state index >= 15 is 0 Å². The maximum absolute atomic E-state index is 11.0. The molecule has 5 nitrogen and oxygen atoms in total. The Morgan fingerprint density at radius 2 is 1.86 bits per heavy atom. The molecule has 0 amide bonds. The number of nitro groups is 1. The van der Waals surface area contributed by atoms with E-state index in [9.17, 15) is 15.2 Å². The Labute approximate surface area is 120 Å². The third-order valence-corrected chi connectivity index (χ3v) is 3.37. The van der Waals surface area contributed by atoms with Crippen LogP contribution in [0.25, 0.3) is 11.0 Å². The fraction of sp³-hybridized carbons (Fsp3) is 0.125. The van der Waals surface area contributed by atoms with Crippen molar-refractivity contribution in [3.8, 4) is 0 Å². The highest BCUT2D eigenvalue weighted by molar-refractivity contribution is 5.77. The van der Waals surface area contributed by atoms with E-state index in [-0.39, 0.29) is 12.1 Å².